The zero-order valence-corrected chi connectivity index (χ0v) is 12.7. The van der Waals surface area contributed by atoms with Crippen molar-refractivity contribution in [3.05, 3.63) is 35.1 Å². The molecule has 4 nitrogen and oxygen atoms in total. The van der Waals surface area contributed by atoms with Gasteiger partial charge in [0.05, 0.1) is 17.8 Å². The van der Waals surface area contributed by atoms with Gasteiger partial charge in [-0.05, 0) is 25.5 Å². The van der Waals surface area contributed by atoms with Gasteiger partial charge in [-0.2, -0.15) is 0 Å². The third-order valence-corrected chi connectivity index (χ3v) is 3.38. The predicted molar refractivity (Wildman–Crippen MR) is 82.6 cm³/mol. The molecule has 0 amide bonds. The number of halogens is 1. The van der Waals surface area contributed by atoms with Gasteiger partial charge in [0.1, 0.15) is 17.9 Å². The lowest BCUT2D eigenvalue weighted by molar-refractivity contribution is 0.415. The lowest BCUT2D eigenvalue weighted by Crippen LogP contribution is -2.05. The fourth-order valence-electron chi connectivity index (χ4n) is 2.12. The van der Waals surface area contributed by atoms with E-state index in [4.69, 9.17) is 16.3 Å². The van der Waals surface area contributed by atoms with Crippen molar-refractivity contribution in [2.45, 2.75) is 20.3 Å². The van der Waals surface area contributed by atoms with E-state index in [1.807, 2.05) is 25.1 Å². The largest absolute Gasteiger partial charge is 0.495 e. The van der Waals surface area contributed by atoms with Gasteiger partial charge in [0, 0.05) is 17.7 Å². The average molecular weight is 292 g/mol. The molecular formula is C15H18ClN3O. The van der Waals surface area contributed by atoms with Crippen LogP contribution in [-0.4, -0.2) is 23.6 Å². The first-order valence-corrected chi connectivity index (χ1v) is 7.00. The number of hydrogen-bond acceptors (Lipinski definition) is 4. The Labute approximate surface area is 124 Å². The second-order valence-corrected chi connectivity index (χ2v) is 4.69. The molecule has 0 spiro atoms. The molecule has 20 heavy (non-hydrogen) atoms. The number of methoxy groups -OCH3 is 1. The van der Waals surface area contributed by atoms with Crippen molar-refractivity contribution in [2.75, 3.05) is 19.0 Å². The summed E-state index contributed by atoms with van der Waals surface area (Å²) in [5.74, 6) is 1.53. The van der Waals surface area contributed by atoms with Crippen LogP contribution in [0.25, 0.3) is 11.3 Å². The van der Waals surface area contributed by atoms with Crippen molar-refractivity contribution in [3.63, 3.8) is 0 Å². The van der Waals surface area contributed by atoms with Crippen LogP contribution in [0.4, 0.5) is 5.82 Å². The van der Waals surface area contributed by atoms with Crippen molar-refractivity contribution in [1.29, 1.82) is 0 Å². The zero-order chi connectivity index (χ0) is 14.5. The summed E-state index contributed by atoms with van der Waals surface area (Å²) in [5, 5.41) is 3.86. The molecule has 106 valence electrons. The molecule has 1 aromatic carbocycles. The third-order valence-electron chi connectivity index (χ3n) is 3.07. The van der Waals surface area contributed by atoms with Crippen LogP contribution in [-0.2, 0) is 6.42 Å². The summed E-state index contributed by atoms with van der Waals surface area (Å²) in [4.78, 5) is 8.72. The molecule has 2 rings (SSSR count). The molecule has 0 saturated carbocycles. The first-order chi connectivity index (χ1) is 9.71. The molecule has 0 atom stereocenters. The number of nitrogens with zero attached hydrogens (tertiary/aromatic N) is 2. The van der Waals surface area contributed by atoms with Crippen molar-refractivity contribution in [3.8, 4) is 17.0 Å². The first kappa shape index (κ1) is 14.6. The molecule has 0 aliphatic carbocycles. The standard InChI is InChI=1S/C15H18ClN3O/c1-4-11-14(18-9-19-15(11)17-5-2)10-6-7-12(16)13(8-10)20-3/h6-9H,4-5H2,1-3H3,(H,17,18,19). The van der Waals surface area contributed by atoms with E-state index in [9.17, 15) is 0 Å². The average Bonchev–Trinajstić information content (AvgIpc) is 2.48. The lowest BCUT2D eigenvalue weighted by atomic mass is 10.0. The van der Waals surface area contributed by atoms with Crippen LogP contribution in [0.2, 0.25) is 5.02 Å². The number of benzene rings is 1. The number of nitrogens with one attached hydrogen (secondary N) is 1. The fraction of sp³-hybridized carbons (Fsp3) is 0.333. The molecule has 0 aliphatic heterocycles. The van der Waals surface area contributed by atoms with Crippen LogP contribution in [0.5, 0.6) is 5.75 Å². The van der Waals surface area contributed by atoms with E-state index in [-0.39, 0.29) is 0 Å². The Morgan fingerprint density at radius 2 is 2.05 bits per heavy atom. The zero-order valence-electron chi connectivity index (χ0n) is 11.9. The number of aromatic nitrogens is 2. The summed E-state index contributed by atoms with van der Waals surface area (Å²) < 4.78 is 5.27. The minimum atomic E-state index is 0.593. The van der Waals surface area contributed by atoms with Gasteiger partial charge in [-0.25, -0.2) is 9.97 Å². The smallest absolute Gasteiger partial charge is 0.138 e. The topological polar surface area (TPSA) is 47.0 Å². The second-order valence-electron chi connectivity index (χ2n) is 4.28. The van der Waals surface area contributed by atoms with E-state index in [0.29, 0.717) is 10.8 Å². The molecule has 0 radical (unpaired) electrons. The Morgan fingerprint density at radius 3 is 2.70 bits per heavy atom. The molecular weight excluding hydrogens is 274 g/mol. The Hall–Kier alpha value is -1.81. The third kappa shape index (κ3) is 2.85. The van der Waals surface area contributed by atoms with Gasteiger partial charge in [0.15, 0.2) is 0 Å². The molecule has 1 aromatic heterocycles. The number of ether oxygens (including phenoxy) is 1. The molecule has 0 fully saturated rings. The van der Waals surface area contributed by atoms with E-state index in [1.165, 1.54) is 0 Å². The van der Waals surface area contributed by atoms with Gasteiger partial charge < -0.3 is 10.1 Å². The van der Waals surface area contributed by atoms with Gasteiger partial charge in [0.25, 0.3) is 0 Å². The van der Waals surface area contributed by atoms with Crippen molar-refractivity contribution >= 4 is 17.4 Å². The summed E-state index contributed by atoms with van der Waals surface area (Å²) in [6.45, 7) is 4.97. The Balaban J connectivity index is 2.54. The number of rotatable bonds is 5. The molecule has 0 saturated heterocycles. The first-order valence-electron chi connectivity index (χ1n) is 6.62. The quantitative estimate of drug-likeness (QED) is 0.910. The summed E-state index contributed by atoms with van der Waals surface area (Å²) >= 11 is 6.07. The maximum absolute atomic E-state index is 6.07. The Bertz CT molecular complexity index is 602. The van der Waals surface area contributed by atoms with Crippen LogP contribution < -0.4 is 10.1 Å². The molecule has 0 bridgehead atoms. The predicted octanol–water partition coefficient (Wildman–Crippen LogP) is 3.80. The molecule has 2 aromatic rings. The second kappa shape index (κ2) is 6.57. The van der Waals surface area contributed by atoms with Crippen LogP contribution in [0.3, 0.4) is 0 Å². The maximum Gasteiger partial charge on any atom is 0.138 e. The molecule has 5 heteroatoms. The molecule has 0 aliphatic rings. The van der Waals surface area contributed by atoms with Crippen LogP contribution >= 0.6 is 11.6 Å². The number of anilines is 1. The minimum Gasteiger partial charge on any atom is -0.495 e. The van der Waals surface area contributed by atoms with Crippen molar-refractivity contribution < 1.29 is 4.74 Å². The van der Waals surface area contributed by atoms with Gasteiger partial charge in [-0.15, -0.1) is 0 Å². The highest BCUT2D eigenvalue weighted by molar-refractivity contribution is 6.32. The van der Waals surface area contributed by atoms with Gasteiger partial charge in [-0.3, -0.25) is 0 Å². The highest BCUT2D eigenvalue weighted by Gasteiger charge is 2.12. The van der Waals surface area contributed by atoms with Crippen LogP contribution in [0.1, 0.15) is 19.4 Å². The molecule has 1 N–H and O–H groups in total. The Kier molecular flexibility index (Phi) is 4.79. The highest BCUT2D eigenvalue weighted by atomic mass is 35.5. The normalized spacial score (nSPS) is 10.4. The van der Waals surface area contributed by atoms with Gasteiger partial charge >= 0.3 is 0 Å². The maximum atomic E-state index is 6.07. The van der Waals surface area contributed by atoms with Crippen molar-refractivity contribution in [2.24, 2.45) is 0 Å². The molecule has 1 heterocycles. The SMILES string of the molecule is CCNc1ncnc(-c2ccc(Cl)c(OC)c2)c1CC. The van der Waals surface area contributed by atoms with Crippen molar-refractivity contribution in [1.82, 2.24) is 9.97 Å². The van der Waals surface area contributed by atoms with Crippen LogP contribution in [0, 0.1) is 0 Å². The number of hydrogen-bond donors (Lipinski definition) is 1. The summed E-state index contributed by atoms with van der Waals surface area (Å²) in [5.41, 5.74) is 2.98. The minimum absolute atomic E-state index is 0.593. The monoisotopic (exact) mass is 291 g/mol. The van der Waals surface area contributed by atoms with E-state index in [1.54, 1.807) is 13.4 Å². The van der Waals surface area contributed by atoms with E-state index in [2.05, 4.69) is 22.2 Å². The van der Waals surface area contributed by atoms with Gasteiger partial charge in [-0.1, -0.05) is 24.6 Å². The summed E-state index contributed by atoms with van der Waals surface area (Å²) in [6, 6.07) is 5.67. The highest BCUT2D eigenvalue weighted by Crippen LogP contribution is 2.32. The fourth-order valence-corrected chi connectivity index (χ4v) is 2.32. The van der Waals surface area contributed by atoms with Crippen LogP contribution in [0.15, 0.2) is 24.5 Å². The summed E-state index contributed by atoms with van der Waals surface area (Å²) in [7, 11) is 1.61. The molecule has 0 unspecified atom stereocenters. The van der Waals surface area contributed by atoms with E-state index >= 15 is 0 Å². The van der Waals surface area contributed by atoms with Gasteiger partial charge in [0.2, 0.25) is 0 Å². The summed E-state index contributed by atoms with van der Waals surface area (Å²) in [6.07, 6.45) is 2.43. The van der Waals surface area contributed by atoms with E-state index in [0.717, 1.165) is 35.6 Å². The van der Waals surface area contributed by atoms with E-state index < -0.39 is 0 Å². The Morgan fingerprint density at radius 1 is 1.25 bits per heavy atom. The lowest BCUT2D eigenvalue weighted by Gasteiger charge is -2.13.